The highest BCUT2D eigenvalue weighted by molar-refractivity contribution is 7.99. The molecule has 0 atom stereocenters. The van der Waals surface area contributed by atoms with Gasteiger partial charge in [-0.25, -0.2) is 0 Å². The number of hydrogen-bond acceptors (Lipinski definition) is 6. The van der Waals surface area contributed by atoms with Crippen molar-refractivity contribution in [2.45, 2.75) is 11.7 Å². The highest BCUT2D eigenvalue weighted by Crippen LogP contribution is 2.23. The fourth-order valence-electron chi connectivity index (χ4n) is 1.71. The molecule has 1 aromatic carbocycles. The zero-order valence-corrected chi connectivity index (χ0v) is 12.7. The number of nitrogens with one attached hydrogen (secondary N) is 1. The van der Waals surface area contributed by atoms with E-state index in [1.54, 1.807) is 23.8 Å². The van der Waals surface area contributed by atoms with Crippen LogP contribution < -0.4 is 15.8 Å². The molecule has 3 N–H and O–H groups in total. The van der Waals surface area contributed by atoms with E-state index in [9.17, 15) is 4.79 Å². The van der Waals surface area contributed by atoms with E-state index < -0.39 is 0 Å². The minimum absolute atomic E-state index is 0.137. The Bertz CT molecular complexity index is 629. The lowest BCUT2D eigenvalue weighted by Crippen LogP contribution is -2.15. The molecule has 2 rings (SSSR count). The van der Waals surface area contributed by atoms with Crippen molar-refractivity contribution in [1.29, 1.82) is 0 Å². The Labute approximate surface area is 126 Å². The van der Waals surface area contributed by atoms with Gasteiger partial charge in [-0.15, -0.1) is 10.2 Å². The van der Waals surface area contributed by atoms with Gasteiger partial charge in [0, 0.05) is 7.05 Å². The molecule has 0 spiro atoms. The van der Waals surface area contributed by atoms with Crippen molar-refractivity contribution in [2.75, 3.05) is 18.2 Å². The summed E-state index contributed by atoms with van der Waals surface area (Å²) in [5.41, 5.74) is 6.17. The Kier molecular flexibility index (Phi) is 5.18. The maximum Gasteiger partial charge on any atom is 0.234 e. The van der Waals surface area contributed by atoms with Crippen LogP contribution in [0.4, 0.5) is 5.69 Å². The van der Waals surface area contributed by atoms with Gasteiger partial charge in [-0.3, -0.25) is 4.79 Å². The predicted octanol–water partition coefficient (Wildman–Crippen LogP) is 1.01. The number of anilines is 1. The topological polar surface area (TPSA) is 95.1 Å². The summed E-state index contributed by atoms with van der Waals surface area (Å²) in [6.45, 7) is 0.317. The summed E-state index contributed by atoms with van der Waals surface area (Å²) < 4.78 is 6.96. The molecule has 0 fully saturated rings. The minimum Gasteiger partial charge on any atom is -0.495 e. The molecule has 0 aliphatic carbocycles. The van der Waals surface area contributed by atoms with E-state index >= 15 is 0 Å². The Hall–Kier alpha value is -2.06. The van der Waals surface area contributed by atoms with Crippen molar-refractivity contribution in [1.82, 2.24) is 14.8 Å². The average molecular weight is 307 g/mol. The van der Waals surface area contributed by atoms with Crippen LogP contribution in [0.2, 0.25) is 0 Å². The van der Waals surface area contributed by atoms with Crippen molar-refractivity contribution >= 4 is 23.4 Å². The van der Waals surface area contributed by atoms with Gasteiger partial charge >= 0.3 is 0 Å². The van der Waals surface area contributed by atoms with E-state index in [2.05, 4.69) is 15.5 Å². The predicted molar refractivity (Wildman–Crippen MR) is 81.2 cm³/mol. The first-order valence-corrected chi connectivity index (χ1v) is 7.28. The van der Waals surface area contributed by atoms with Crippen LogP contribution in [0, 0.1) is 0 Å². The summed E-state index contributed by atoms with van der Waals surface area (Å²) in [5, 5.41) is 11.4. The van der Waals surface area contributed by atoms with Crippen LogP contribution in [0.1, 0.15) is 5.82 Å². The van der Waals surface area contributed by atoms with Gasteiger partial charge < -0.3 is 20.4 Å². The number of carbonyl (C=O) groups excluding carboxylic acids is 1. The molecule has 21 heavy (non-hydrogen) atoms. The molecule has 2 aromatic rings. The third-order valence-electron chi connectivity index (χ3n) is 2.82. The second kappa shape index (κ2) is 7.09. The van der Waals surface area contributed by atoms with Gasteiger partial charge in [-0.1, -0.05) is 23.9 Å². The number of rotatable bonds is 6. The molecule has 1 amide bonds. The molecule has 0 unspecified atom stereocenters. The second-order valence-electron chi connectivity index (χ2n) is 4.20. The minimum atomic E-state index is -0.137. The molecule has 8 heteroatoms. The van der Waals surface area contributed by atoms with Crippen LogP contribution in [-0.4, -0.2) is 33.5 Å². The van der Waals surface area contributed by atoms with Crippen molar-refractivity contribution < 1.29 is 9.53 Å². The van der Waals surface area contributed by atoms with Crippen LogP contribution >= 0.6 is 11.8 Å². The lowest BCUT2D eigenvalue weighted by Gasteiger charge is -2.09. The van der Waals surface area contributed by atoms with Crippen LogP contribution in [0.3, 0.4) is 0 Å². The van der Waals surface area contributed by atoms with Gasteiger partial charge in [0.1, 0.15) is 11.6 Å². The van der Waals surface area contributed by atoms with Gasteiger partial charge in [0.25, 0.3) is 0 Å². The Morgan fingerprint density at radius 2 is 2.19 bits per heavy atom. The molecule has 1 aromatic heterocycles. The van der Waals surface area contributed by atoms with Gasteiger partial charge in [0.15, 0.2) is 5.16 Å². The van der Waals surface area contributed by atoms with E-state index in [4.69, 9.17) is 10.5 Å². The Morgan fingerprint density at radius 1 is 1.43 bits per heavy atom. The highest BCUT2D eigenvalue weighted by atomic mass is 32.2. The van der Waals surface area contributed by atoms with Gasteiger partial charge in [-0.2, -0.15) is 0 Å². The van der Waals surface area contributed by atoms with Crippen LogP contribution in [0.5, 0.6) is 5.75 Å². The number of hydrogen-bond donors (Lipinski definition) is 2. The van der Waals surface area contributed by atoms with E-state index in [0.29, 0.717) is 29.0 Å². The largest absolute Gasteiger partial charge is 0.495 e. The number of thioether (sulfide) groups is 1. The maximum absolute atomic E-state index is 12.0. The summed E-state index contributed by atoms with van der Waals surface area (Å²) >= 11 is 1.30. The first-order chi connectivity index (χ1) is 10.2. The summed E-state index contributed by atoms with van der Waals surface area (Å²) in [4.78, 5) is 12.0. The van der Waals surface area contributed by atoms with Crippen molar-refractivity contribution in [3.8, 4) is 5.75 Å². The summed E-state index contributed by atoms with van der Waals surface area (Å²) in [7, 11) is 3.39. The normalized spacial score (nSPS) is 10.4. The molecular weight excluding hydrogens is 290 g/mol. The van der Waals surface area contributed by atoms with Gasteiger partial charge in [0.2, 0.25) is 5.91 Å². The molecule has 7 nitrogen and oxygen atoms in total. The summed E-state index contributed by atoms with van der Waals surface area (Å²) in [5.74, 6) is 1.40. The van der Waals surface area contributed by atoms with E-state index in [0.717, 1.165) is 0 Å². The van der Waals surface area contributed by atoms with Crippen molar-refractivity contribution in [2.24, 2.45) is 12.8 Å². The number of carbonyl (C=O) groups is 1. The molecule has 0 aliphatic rings. The highest BCUT2D eigenvalue weighted by Gasteiger charge is 2.11. The van der Waals surface area contributed by atoms with Crippen LogP contribution in [0.15, 0.2) is 29.4 Å². The quantitative estimate of drug-likeness (QED) is 0.774. The number of amides is 1. The first kappa shape index (κ1) is 15.3. The van der Waals surface area contributed by atoms with Gasteiger partial charge in [0.05, 0.1) is 25.1 Å². The molecule has 1 heterocycles. The monoisotopic (exact) mass is 307 g/mol. The number of benzene rings is 1. The third-order valence-corrected chi connectivity index (χ3v) is 3.84. The number of methoxy groups -OCH3 is 1. The van der Waals surface area contributed by atoms with Crippen LogP contribution in [0.25, 0.3) is 0 Å². The Balaban J connectivity index is 1.94. The SMILES string of the molecule is COc1ccccc1NC(=O)CSc1nnc(CN)n1C. The summed E-state index contributed by atoms with van der Waals surface area (Å²) in [6, 6.07) is 7.26. The van der Waals surface area contributed by atoms with Crippen molar-refractivity contribution in [3.05, 3.63) is 30.1 Å². The number of aromatic nitrogens is 3. The van der Waals surface area contributed by atoms with E-state index in [-0.39, 0.29) is 11.7 Å². The second-order valence-corrected chi connectivity index (χ2v) is 5.14. The number of nitrogens with zero attached hydrogens (tertiary/aromatic N) is 3. The Morgan fingerprint density at radius 3 is 2.86 bits per heavy atom. The molecule has 0 saturated heterocycles. The first-order valence-electron chi connectivity index (χ1n) is 6.29. The van der Waals surface area contributed by atoms with Gasteiger partial charge in [-0.05, 0) is 12.1 Å². The molecule has 0 radical (unpaired) electrons. The molecule has 0 bridgehead atoms. The lowest BCUT2D eigenvalue weighted by molar-refractivity contribution is -0.113. The molecule has 112 valence electrons. The fraction of sp³-hybridized carbons (Fsp3) is 0.308. The summed E-state index contributed by atoms with van der Waals surface area (Å²) in [6.07, 6.45) is 0. The van der Waals surface area contributed by atoms with E-state index in [1.165, 1.54) is 11.8 Å². The standard InChI is InChI=1S/C13H17N5O2S/c1-18-11(7-14)16-17-13(18)21-8-12(19)15-9-5-3-4-6-10(9)20-2/h3-6H,7-8,14H2,1-2H3,(H,15,19). The smallest absolute Gasteiger partial charge is 0.234 e. The number of ether oxygens (including phenoxy) is 1. The zero-order valence-electron chi connectivity index (χ0n) is 11.9. The fourth-order valence-corrected chi connectivity index (χ4v) is 2.44. The lowest BCUT2D eigenvalue weighted by atomic mass is 10.3. The number of para-hydroxylation sites is 2. The van der Waals surface area contributed by atoms with E-state index in [1.807, 2.05) is 19.2 Å². The number of nitrogens with two attached hydrogens (primary N) is 1. The molecular formula is C13H17N5O2S. The zero-order chi connectivity index (χ0) is 15.2. The third kappa shape index (κ3) is 3.73. The molecule has 0 saturated carbocycles. The van der Waals surface area contributed by atoms with Crippen LogP contribution in [-0.2, 0) is 18.4 Å². The average Bonchev–Trinajstić information content (AvgIpc) is 2.86. The van der Waals surface area contributed by atoms with Crippen molar-refractivity contribution in [3.63, 3.8) is 0 Å². The molecule has 0 aliphatic heterocycles. The maximum atomic E-state index is 12.0.